The predicted octanol–water partition coefficient (Wildman–Crippen LogP) is 0.478. The molecule has 1 unspecified atom stereocenters. The van der Waals surface area contributed by atoms with Crippen LogP contribution >= 0.6 is 0 Å². The first-order valence-electron chi connectivity index (χ1n) is 8.67. The SMILES string of the molecule is CN1CCC(O)(c2cn(-c3cccc(-c4cccc(C(N)=O)n4)c3)nn2)C1=O. The summed E-state index contributed by atoms with van der Waals surface area (Å²) < 4.78 is 1.49. The van der Waals surface area contributed by atoms with Crippen molar-refractivity contribution in [1.29, 1.82) is 0 Å². The third-order valence-electron chi connectivity index (χ3n) is 4.83. The number of likely N-dealkylation sites (tertiary alicyclic amines) is 1. The van der Waals surface area contributed by atoms with E-state index in [0.29, 0.717) is 17.9 Å². The smallest absolute Gasteiger partial charge is 0.267 e. The number of primary amides is 1. The molecule has 1 aliphatic heterocycles. The van der Waals surface area contributed by atoms with E-state index in [9.17, 15) is 14.7 Å². The van der Waals surface area contributed by atoms with Gasteiger partial charge in [0.25, 0.3) is 11.8 Å². The van der Waals surface area contributed by atoms with Gasteiger partial charge in [-0.1, -0.05) is 23.4 Å². The maximum Gasteiger partial charge on any atom is 0.267 e. The molecule has 1 aliphatic rings. The number of aliphatic hydroxyl groups is 1. The molecule has 2 amide bonds. The predicted molar refractivity (Wildman–Crippen MR) is 99.3 cm³/mol. The highest BCUT2D eigenvalue weighted by Gasteiger charge is 2.47. The summed E-state index contributed by atoms with van der Waals surface area (Å²) in [7, 11) is 1.64. The second-order valence-corrected chi connectivity index (χ2v) is 6.71. The maximum atomic E-state index is 12.3. The van der Waals surface area contributed by atoms with E-state index in [1.807, 2.05) is 24.3 Å². The zero-order valence-corrected chi connectivity index (χ0v) is 15.1. The minimum Gasteiger partial charge on any atom is -0.374 e. The Labute approximate surface area is 160 Å². The van der Waals surface area contributed by atoms with E-state index in [1.165, 1.54) is 9.58 Å². The van der Waals surface area contributed by atoms with Gasteiger partial charge in [0.1, 0.15) is 11.4 Å². The molecular weight excluding hydrogens is 360 g/mol. The summed E-state index contributed by atoms with van der Waals surface area (Å²) in [4.78, 5) is 29.4. The molecule has 0 bridgehead atoms. The summed E-state index contributed by atoms with van der Waals surface area (Å²) in [5.41, 5.74) is 6.05. The van der Waals surface area contributed by atoms with Crippen molar-refractivity contribution in [1.82, 2.24) is 24.9 Å². The standard InChI is InChI=1S/C19H18N6O3/c1-24-9-8-19(28,18(24)27)16-11-25(23-22-16)13-5-2-4-12(10-13)14-6-3-7-15(21-14)17(20)26/h2-7,10-11,28H,8-9H2,1H3,(H2,20,26). The molecule has 1 saturated heterocycles. The number of hydrogen-bond acceptors (Lipinski definition) is 6. The van der Waals surface area contributed by atoms with Gasteiger partial charge in [0.05, 0.1) is 17.6 Å². The molecule has 9 heteroatoms. The van der Waals surface area contributed by atoms with Gasteiger partial charge in [0, 0.05) is 25.6 Å². The molecule has 1 fully saturated rings. The first-order valence-corrected chi connectivity index (χ1v) is 8.67. The van der Waals surface area contributed by atoms with Crippen molar-refractivity contribution in [3.05, 3.63) is 60.0 Å². The lowest BCUT2D eigenvalue weighted by atomic mass is 9.99. The van der Waals surface area contributed by atoms with Crippen molar-refractivity contribution in [3.8, 4) is 16.9 Å². The number of nitrogens with zero attached hydrogens (tertiary/aromatic N) is 5. The molecule has 1 atom stereocenters. The zero-order chi connectivity index (χ0) is 19.9. The topological polar surface area (TPSA) is 127 Å². The largest absolute Gasteiger partial charge is 0.374 e. The van der Waals surface area contributed by atoms with Crippen molar-refractivity contribution in [2.75, 3.05) is 13.6 Å². The van der Waals surface area contributed by atoms with Gasteiger partial charge >= 0.3 is 0 Å². The van der Waals surface area contributed by atoms with Gasteiger partial charge in [-0.2, -0.15) is 0 Å². The van der Waals surface area contributed by atoms with E-state index in [1.54, 1.807) is 31.4 Å². The van der Waals surface area contributed by atoms with Gasteiger partial charge in [-0.15, -0.1) is 5.10 Å². The van der Waals surface area contributed by atoms with E-state index in [4.69, 9.17) is 5.73 Å². The Morgan fingerprint density at radius 1 is 1.25 bits per heavy atom. The molecule has 0 aliphatic carbocycles. The summed E-state index contributed by atoms with van der Waals surface area (Å²) in [6, 6.07) is 12.3. The van der Waals surface area contributed by atoms with Crippen LogP contribution in [0.4, 0.5) is 0 Å². The van der Waals surface area contributed by atoms with E-state index < -0.39 is 11.5 Å². The van der Waals surface area contributed by atoms with Crippen molar-refractivity contribution in [2.45, 2.75) is 12.0 Å². The molecule has 9 nitrogen and oxygen atoms in total. The Morgan fingerprint density at radius 3 is 2.75 bits per heavy atom. The number of carbonyl (C=O) groups excluding carboxylic acids is 2. The van der Waals surface area contributed by atoms with Crippen molar-refractivity contribution < 1.29 is 14.7 Å². The van der Waals surface area contributed by atoms with Gasteiger partial charge in [-0.3, -0.25) is 9.59 Å². The van der Waals surface area contributed by atoms with Gasteiger partial charge in [-0.25, -0.2) is 9.67 Å². The Morgan fingerprint density at radius 2 is 2.04 bits per heavy atom. The Kier molecular flexibility index (Phi) is 4.16. The fourth-order valence-electron chi connectivity index (χ4n) is 3.21. The Hall–Kier alpha value is -3.59. The van der Waals surface area contributed by atoms with Crippen LogP contribution in [0.25, 0.3) is 16.9 Å². The summed E-state index contributed by atoms with van der Waals surface area (Å²) in [5.74, 6) is -0.987. The zero-order valence-electron chi connectivity index (χ0n) is 15.1. The minimum atomic E-state index is -1.65. The van der Waals surface area contributed by atoms with E-state index in [0.717, 1.165) is 5.56 Å². The first-order chi connectivity index (χ1) is 13.4. The monoisotopic (exact) mass is 378 g/mol. The van der Waals surface area contributed by atoms with E-state index in [2.05, 4.69) is 15.3 Å². The third-order valence-corrected chi connectivity index (χ3v) is 4.83. The quantitative estimate of drug-likeness (QED) is 0.680. The van der Waals surface area contributed by atoms with Crippen LogP contribution in [0.15, 0.2) is 48.7 Å². The lowest BCUT2D eigenvalue weighted by Crippen LogP contribution is -2.36. The van der Waals surface area contributed by atoms with Crippen LogP contribution in [0.3, 0.4) is 0 Å². The van der Waals surface area contributed by atoms with Crippen LogP contribution in [-0.2, 0) is 10.4 Å². The summed E-state index contributed by atoms with van der Waals surface area (Å²) in [6.45, 7) is 0.458. The van der Waals surface area contributed by atoms with Gasteiger partial charge in [0.2, 0.25) is 0 Å². The third kappa shape index (κ3) is 2.91. The lowest BCUT2D eigenvalue weighted by molar-refractivity contribution is -0.143. The fraction of sp³-hybridized carbons (Fsp3) is 0.211. The molecule has 0 spiro atoms. The maximum absolute atomic E-state index is 12.3. The molecule has 1 aromatic carbocycles. The molecule has 4 rings (SSSR count). The minimum absolute atomic E-state index is 0.178. The Bertz CT molecular complexity index is 1080. The van der Waals surface area contributed by atoms with Crippen LogP contribution in [0.5, 0.6) is 0 Å². The van der Waals surface area contributed by atoms with Crippen LogP contribution in [0.2, 0.25) is 0 Å². The highest BCUT2D eigenvalue weighted by Crippen LogP contribution is 2.31. The molecule has 3 heterocycles. The molecule has 0 radical (unpaired) electrons. The average molecular weight is 378 g/mol. The molecular formula is C19H18N6O3. The summed E-state index contributed by atoms with van der Waals surface area (Å²) >= 11 is 0. The summed E-state index contributed by atoms with van der Waals surface area (Å²) in [6.07, 6.45) is 1.81. The highest BCUT2D eigenvalue weighted by molar-refractivity contribution is 5.91. The normalized spacial score (nSPS) is 19.2. The van der Waals surface area contributed by atoms with Crippen LogP contribution < -0.4 is 5.73 Å². The van der Waals surface area contributed by atoms with Crippen LogP contribution in [0, 0.1) is 0 Å². The van der Waals surface area contributed by atoms with Crippen molar-refractivity contribution in [3.63, 3.8) is 0 Å². The number of pyridine rings is 1. The molecule has 2 aromatic heterocycles. The van der Waals surface area contributed by atoms with Crippen molar-refractivity contribution >= 4 is 11.8 Å². The number of rotatable bonds is 4. The molecule has 3 N–H and O–H groups in total. The number of benzene rings is 1. The van der Waals surface area contributed by atoms with Crippen LogP contribution in [-0.4, -0.2) is 55.4 Å². The second kappa shape index (κ2) is 6.54. The van der Waals surface area contributed by atoms with Gasteiger partial charge < -0.3 is 15.7 Å². The molecule has 28 heavy (non-hydrogen) atoms. The van der Waals surface area contributed by atoms with Crippen LogP contribution in [0.1, 0.15) is 22.6 Å². The average Bonchev–Trinajstić information content (AvgIpc) is 3.31. The number of amides is 2. The molecule has 142 valence electrons. The second-order valence-electron chi connectivity index (χ2n) is 6.71. The summed E-state index contributed by atoms with van der Waals surface area (Å²) in [5, 5.41) is 18.8. The molecule has 0 saturated carbocycles. The number of aromatic nitrogens is 4. The number of carbonyl (C=O) groups is 2. The van der Waals surface area contributed by atoms with E-state index >= 15 is 0 Å². The van der Waals surface area contributed by atoms with Crippen molar-refractivity contribution in [2.24, 2.45) is 5.73 Å². The lowest BCUT2D eigenvalue weighted by Gasteiger charge is -2.17. The highest BCUT2D eigenvalue weighted by atomic mass is 16.3. The first kappa shape index (κ1) is 17.8. The van der Waals surface area contributed by atoms with Gasteiger partial charge in [-0.05, 0) is 24.3 Å². The van der Waals surface area contributed by atoms with E-state index in [-0.39, 0.29) is 23.7 Å². The Balaban J connectivity index is 1.68. The fourth-order valence-corrected chi connectivity index (χ4v) is 3.21. The van der Waals surface area contributed by atoms with Gasteiger partial charge in [0.15, 0.2) is 5.60 Å². The number of nitrogens with two attached hydrogens (primary N) is 1. The number of likely N-dealkylation sites (N-methyl/N-ethyl adjacent to an activating group) is 1. The number of hydrogen-bond donors (Lipinski definition) is 2. The molecule has 3 aromatic rings.